The highest BCUT2D eigenvalue weighted by atomic mass is 32.2. The van der Waals surface area contributed by atoms with Gasteiger partial charge in [-0.1, -0.05) is 11.8 Å². The number of rotatable bonds is 2. The predicted octanol–water partition coefficient (Wildman–Crippen LogP) is 1.51. The molecular weight excluding hydrogens is 262 g/mol. The Kier molecular flexibility index (Phi) is 2.93. The number of carbonyl (C=O) groups excluding carboxylic acids is 1. The van der Waals surface area contributed by atoms with Crippen molar-refractivity contribution in [3.8, 4) is 6.07 Å². The van der Waals surface area contributed by atoms with Gasteiger partial charge in [0, 0.05) is 30.3 Å². The summed E-state index contributed by atoms with van der Waals surface area (Å²) in [5.41, 5.74) is 0.891. The van der Waals surface area contributed by atoms with Crippen LogP contribution in [0.3, 0.4) is 0 Å². The standard InChI is InChI=1S/C12H9N5OS/c13-7-9-10(16-12-17(9)5-6-19-12)15-11(18)8-1-3-14-4-2-8/h1-4H,5-6H2,(H,15,18). The molecule has 3 heterocycles. The quantitative estimate of drug-likeness (QED) is 0.895. The maximum atomic E-state index is 12.0. The van der Waals surface area contributed by atoms with Crippen molar-refractivity contribution in [3.63, 3.8) is 0 Å². The number of hydrogen-bond acceptors (Lipinski definition) is 5. The van der Waals surface area contributed by atoms with Crippen molar-refractivity contribution in [2.24, 2.45) is 0 Å². The normalized spacial score (nSPS) is 12.8. The summed E-state index contributed by atoms with van der Waals surface area (Å²) in [4.78, 5) is 20.1. The van der Waals surface area contributed by atoms with Crippen LogP contribution in [-0.4, -0.2) is 26.2 Å². The van der Waals surface area contributed by atoms with E-state index in [9.17, 15) is 10.1 Å². The molecule has 0 aliphatic carbocycles. The predicted molar refractivity (Wildman–Crippen MR) is 69.9 cm³/mol. The summed E-state index contributed by atoms with van der Waals surface area (Å²) in [6.45, 7) is 0.751. The van der Waals surface area contributed by atoms with Crippen LogP contribution >= 0.6 is 11.8 Å². The Morgan fingerprint density at radius 3 is 3.00 bits per heavy atom. The van der Waals surface area contributed by atoms with Gasteiger partial charge in [0.2, 0.25) is 0 Å². The minimum absolute atomic E-state index is 0.291. The molecular formula is C12H9N5OS. The lowest BCUT2D eigenvalue weighted by Crippen LogP contribution is -2.13. The second-order valence-electron chi connectivity index (χ2n) is 3.89. The zero-order valence-electron chi connectivity index (χ0n) is 9.83. The van der Waals surface area contributed by atoms with E-state index in [0.29, 0.717) is 17.1 Å². The third-order valence-electron chi connectivity index (χ3n) is 2.76. The summed E-state index contributed by atoms with van der Waals surface area (Å²) >= 11 is 1.58. The van der Waals surface area contributed by atoms with E-state index < -0.39 is 0 Å². The van der Waals surface area contributed by atoms with Gasteiger partial charge in [-0.3, -0.25) is 9.78 Å². The van der Waals surface area contributed by atoms with Gasteiger partial charge in [-0.05, 0) is 12.1 Å². The molecule has 0 aromatic carbocycles. The van der Waals surface area contributed by atoms with Gasteiger partial charge in [-0.15, -0.1) is 0 Å². The summed E-state index contributed by atoms with van der Waals surface area (Å²) in [7, 11) is 0. The van der Waals surface area contributed by atoms with Gasteiger partial charge in [0.1, 0.15) is 6.07 Å². The van der Waals surface area contributed by atoms with Gasteiger partial charge in [0.15, 0.2) is 16.7 Å². The lowest BCUT2D eigenvalue weighted by molar-refractivity contribution is 0.102. The molecule has 0 unspecified atom stereocenters. The average Bonchev–Trinajstić information content (AvgIpc) is 3.00. The highest BCUT2D eigenvalue weighted by Gasteiger charge is 2.22. The number of anilines is 1. The molecule has 0 bridgehead atoms. The summed E-state index contributed by atoms with van der Waals surface area (Å²) in [6.07, 6.45) is 3.09. The van der Waals surface area contributed by atoms with E-state index in [0.717, 1.165) is 17.5 Å². The number of aromatic nitrogens is 3. The Morgan fingerprint density at radius 1 is 1.47 bits per heavy atom. The molecule has 1 amide bonds. The van der Waals surface area contributed by atoms with Crippen molar-refractivity contribution in [1.29, 1.82) is 5.26 Å². The first-order valence-corrected chi connectivity index (χ1v) is 6.63. The highest BCUT2D eigenvalue weighted by molar-refractivity contribution is 7.99. The van der Waals surface area contributed by atoms with Crippen LogP contribution in [0.4, 0.5) is 5.82 Å². The second kappa shape index (κ2) is 4.74. The number of nitrogens with one attached hydrogen (secondary N) is 1. The third-order valence-corrected chi connectivity index (χ3v) is 3.72. The molecule has 2 aromatic rings. The minimum atomic E-state index is -0.291. The molecule has 1 N–H and O–H groups in total. The summed E-state index contributed by atoms with van der Waals surface area (Å²) in [5.74, 6) is 0.947. The Labute approximate surface area is 113 Å². The fourth-order valence-electron chi connectivity index (χ4n) is 1.86. The van der Waals surface area contributed by atoms with E-state index in [1.165, 1.54) is 0 Å². The molecule has 2 aromatic heterocycles. The van der Waals surface area contributed by atoms with Gasteiger partial charge in [-0.2, -0.15) is 5.26 Å². The number of imidazole rings is 1. The lowest BCUT2D eigenvalue weighted by Gasteiger charge is -2.03. The van der Waals surface area contributed by atoms with Crippen LogP contribution in [0.15, 0.2) is 29.7 Å². The molecule has 0 radical (unpaired) electrons. The maximum Gasteiger partial charge on any atom is 0.257 e. The van der Waals surface area contributed by atoms with Crippen molar-refractivity contribution in [2.75, 3.05) is 11.1 Å². The van der Waals surface area contributed by atoms with Crippen LogP contribution < -0.4 is 5.32 Å². The minimum Gasteiger partial charge on any atom is -0.308 e. The van der Waals surface area contributed by atoms with Gasteiger partial charge in [0.05, 0.1) is 0 Å². The number of amides is 1. The largest absolute Gasteiger partial charge is 0.308 e. The smallest absolute Gasteiger partial charge is 0.257 e. The number of carbonyl (C=O) groups is 1. The van der Waals surface area contributed by atoms with Gasteiger partial charge < -0.3 is 9.88 Å². The number of nitriles is 1. The molecule has 0 atom stereocenters. The molecule has 94 valence electrons. The van der Waals surface area contributed by atoms with Crippen LogP contribution in [0.25, 0.3) is 0 Å². The van der Waals surface area contributed by atoms with E-state index in [-0.39, 0.29) is 5.91 Å². The fraction of sp³-hybridized carbons (Fsp3) is 0.167. The Bertz CT molecular complexity index is 673. The van der Waals surface area contributed by atoms with Gasteiger partial charge in [0.25, 0.3) is 5.91 Å². The lowest BCUT2D eigenvalue weighted by atomic mass is 10.2. The molecule has 1 aliphatic heterocycles. The molecule has 1 aliphatic rings. The zero-order valence-corrected chi connectivity index (χ0v) is 10.6. The summed E-state index contributed by atoms with van der Waals surface area (Å²) in [5, 5.41) is 12.6. The number of nitrogens with zero attached hydrogens (tertiary/aromatic N) is 4. The van der Waals surface area contributed by atoms with Crippen molar-refractivity contribution in [3.05, 3.63) is 35.8 Å². The molecule has 6 nitrogen and oxygen atoms in total. The molecule has 19 heavy (non-hydrogen) atoms. The number of fused-ring (bicyclic) bond motifs is 1. The van der Waals surface area contributed by atoms with Crippen molar-refractivity contribution >= 4 is 23.5 Å². The molecule has 0 saturated carbocycles. The van der Waals surface area contributed by atoms with Gasteiger partial charge in [-0.25, -0.2) is 4.98 Å². The first-order chi connectivity index (χ1) is 9.29. The molecule has 0 fully saturated rings. The second-order valence-corrected chi connectivity index (χ2v) is 4.96. The third kappa shape index (κ3) is 2.06. The molecule has 3 rings (SSSR count). The van der Waals surface area contributed by atoms with E-state index in [4.69, 9.17) is 0 Å². The van der Waals surface area contributed by atoms with Crippen LogP contribution in [-0.2, 0) is 6.54 Å². The monoisotopic (exact) mass is 271 g/mol. The van der Waals surface area contributed by atoms with E-state index in [1.807, 2.05) is 4.57 Å². The van der Waals surface area contributed by atoms with Crippen molar-refractivity contribution in [2.45, 2.75) is 11.7 Å². The first-order valence-electron chi connectivity index (χ1n) is 5.64. The van der Waals surface area contributed by atoms with E-state index in [1.54, 1.807) is 36.3 Å². The Hall–Kier alpha value is -2.33. The summed E-state index contributed by atoms with van der Waals surface area (Å²) < 4.78 is 1.83. The highest BCUT2D eigenvalue weighted by Crippen LogP contribution is 2.30. The average molecular weight is 271 g/mol. The molecule has 0 saturated heterocycles. The van der Waals surface area contributed by atoms with E-state index >= 15 is 0 Å². The number of thioether (sulfide) groups is 1. The molecule has 7 heteroatoms. The number of hydrogen-bond donors (Lipinski definition) is 1. The zero-order chi connectivity index (χ0) is 13.2. The maximum absolute atomic E-state index is 12.0. The molecule has 0 spiro atoms. The van der Waals surface area contributed by atoms with Crippen LogP contribution in [0.2, 0.25) is 0 Å². The van der Waals surface area contributed by atoms with Crippen LogP contribution in [0, 0.1) is 11.3 Å². The summed E-state index contributed by atoms with van der Waals surface area (Å²) in [6, 6.07) is 5.31. The van der Waals surface area contributed by atoms with E-state index in [2.05, 4.69) is 21.4 Å². The SMILES string of the molecule is N#Cc1c(NC(=O)c2ccncc2)nc2n1CCS2. The Morgan fingerprint density at radius 2 is 2.26 bits per heavy atom. The van der Waals surface area contributed by atoms with Crippen LogP contribution in [0.5, 0.6) is 0 Å². The Balaban J connectivity index is 1.89. The topological polar surface area (TPSA) is 83.6 Å². The van der Waals surface area contributed by atoms with Gasteiger partial charge >= 0.3 is 0 Å². The van der Waals surface area contributed by atoms with Crippen LogP contribution in [0.1, 0.15) is 16.1 Å². The fourth-order valence-corrected chi connectivity index (χ4v) is 2.81. The first kappa shape index (κ1) is 11.7. The van der Waals surface area contributed by atoms with Crippen molar-refractivity contribution in [1.82, 2.24) is 14.5 Å². The van der Waals surface area contributed by atoms with Crippen molar-refractivity contribution < 1.29 is 4.79 Å². The number of pyridine rings is 1.